The predicted octanol–water partition coefficient (Wildman–Crippen LogP) is -0.00250. The molecule has 0 amide bonds. The van der Waals surface area contributed by atoms with E-state index in [0.717, 1.165) is 0 Å². The van der Waals surface area contributed by atoms with Gasteiger partial charge in [0.2, 0.25) is 11.8 Å². The van der Waals surface area contributed by atoms with Crippen molar-refractivity contribution in [3.8, 4) is 0 Å². The lowest BCUT2D eigenvalue weighted by molar-refractivity contribution is -0.384. The molecule has 17 heavy (non-hydrogen) atoms. The number of nitrogens with one attached hydrogen (secondary N) is 1. The maximum absolute atomic E-state index is 10.9. The molecule has 8 heteroatoms. The minimum absolute atomic E-state index is 0.141. The van der Waals surface area contributed by atoms with Crippen molar-refractivity contribution in [1.82, 2.24) is 9.97 Å². The van der Waals surface area contributed by atoms with Crippen molar-refractivity contribution in [2.45, 2.75) is 12.5 Å². The van der Waals surface area contributed by atoms with E-state index in [-0.39, 0.29) is 11.5 Å². The van der Waals surface area contributed by atoms with E-state index in [4.69, 9.17) is 0 Å². The van der Waals surface area contributed by atoms with Crippen LogP contribution in [0.3, 0.4) is 0 Å². The number of rotatable bonds is 3. The van der Waals surface area contributed by atoms with Gasteiger partial charge in [-0.1, -0.05) is 0 Å². The van der Waals surface area contributed by atoms with E-state index < -0.39 is 11.0 Å². The van der Waals surface area contributed by atoms with Crippen molar-refractivity contribution in [2.75, 3.05) is 30.4 Å². The second-order valence-electron chi connectivity index (χ2n) is 3.80. The molecule has 0 radical (unpaired) electrons. The zero-order valence-corrected chi connectivity index (χ0v) is 9.33. The van der Waals surface area contributed by atoms with Crippen LogP contribution >= 0.6 is 0 Å². The number of anilines is 2. The van der Waals surface area contributed by atoms with E-state index in [2.05, 4.69) is 15.3 Å². The van der Waals surface area contributed by atoms with Gasteiger partial charge in [0.1, 0.15) is 6.20 Å². The van der Waals surface area contributed by atoms with Gasteiger partial charge >= 0.3 is 5.69 Å². The molecular formula is C9H13N5O3. The second kappa shape index (κ2) is 4.50. The fourth-order valence-corrected chi connectivity index (χ4v) is 1.78. The SMILES string of the molecule is CNc1ncc([N+](=O)[O-])c(N2CCC(O)C2)n1. The Balaban J connectivity index is 2.38. The van der Waals surface area contributed by atoms with Gasteiger partial charge in [-0.2, -0.15) is 4.98 Å². The number of nitro groups is 1. The van der Waals surface area contributed by atoms with Crippen LogP contribution in [0.1, 0.15) is 6.42 Å². The van der Waals surface area contributed by atoms with Gasteiger partial charge < -0.3 is 15.3 Å². The first-order chi connectivity index (χ1) is 8.11. The van der Waals surface area contributed by atoms with Gasteiger partial charge in [-0.15, -0.1) is 0 Å². The molecule has 8 nitrogen and oxygen atoms in total. The van der Waals surface area contributed by atoms with Gasteiger partial charge in [-0.3, -0.25) is 10.1 Å². The predicted molar refractivity (Wildman–Crippen MR) is 61.1 cm³/mol. The number of aliphatic hydroxyl groups is 1. The van der Waals surface area contributed by atoms with Gasteiger partial charge in [-0.25, -0.2) is 4.98 Å². The van der Waals surface area contributed by atoms with E-state index in [1.165, 1.54) is 6.20 Å². The molecule has 1 unspecified atom stereocenters. The molecule has 0 spiro atoms. The molecule has 2 rings (SSSR count). The average molecular weight is 239 g/mol. The van der Waals surface area contributed by atoms with Crippen LogP contribution in [0, 0.1) is 10.1 Å². The van der Waals surface area contributed by atoms with Crippen LogP contribution in [-0.4, -0.2) is 46.2 Å². The van der Waals surface area contributed by atoms with Crippen LogP contribution in [0.5, 0.6) is 0 Å². The normalized spacial score (nSPS) is 19.4. The highest BCUT2D eigenvalue weighted by atomic mass is 16.6. The van der Waals surface area contributed by atoms with Crippen LogP contribution in [-0.2, 0) is 0 Å². The highest BCUT2D eigenvalue weighted by Gasteiger charge is 2.28. The molecule has 1 saturated heterocycles. The van der Waals surface area contributed by atoms with Gasteiger partial charge in [-0.05, 0) is 6.42 Å². The first-order valence-electron chi connectivity index (χ1n) is 5.24. The van der Waals surface area contributed by atoms with Crippen LogP contribution < -0.4 is 10.2 Å². The summed E-state index contributed by atoms with van der Waals surface area (Å²) in [6.07, 6.45) is 1.32. The Kier molecular flexibility index (Phi) is 3.05. The van der Waals surface area contributed by atoms with Crippen molar-refractivity contribution in [2.24, 2.45) is 0 Å². The number of aliphatic hydroxyl groups excluding tert-OH is 1. The summed E-state index contributed by atoms with van der Waals surface area (Å²) < 4.78 is 0. The zero-order valence-electron chi connectivity index (χ0n) is 9.33. The first kappa shape index (κ1) is 11.5. The van der Waals surface area contributed by atoms with E-state index >= 15 is 0 Å². The molecular weight excluding hydrogens is 226 g/mol. The minimum atomic E-state index is -0.514. The number of hydrogen-bond acceptors (Lipinski definition) is 7. The summed E-state index contributed by atoms with van der Waals surface area (Å²) in [4.78, 5) is 20.0. The van der Waals surface area contributed by atoms with Gasteiger partial charge in [0.15, 0.2) is 0 Å². The van der Waals surface area contributed by atoms with Crippen molar-refractivity contribution >= 4 is 17.5 Å². The van der Waals surface area contributed by atoms with Crippen molar-refractivity contribution in [3.63, 3.8) is 0 Å². The lowest BCUT2D eigenvalue weighted by Gasteiger charge is -2.16. The lowest BCUT2D eigenvalue weighted by atomic mass is 10.3. The summed E-state index contributed by atoms with van der Waals surface area (Å²) in [5.74, 6) is 0.581. The maximum Gasteiger partial charge on any atom is 0.329 e. The monoisotopic (exact) mass is 239 g/mol. The third-order valence-corrected chi connectivity index (χ3v) is 2.63. The molecule has 0 bridgehead atoms. The Bertz CT molecular complexity index is 439. The number of nitrogens with zero attached hydrogens (tertiary/aromatic N) is 4. The molecule has 2 heterocycles. The first-order valence-corrected chi connectivity index (χ1v) is 5.24. The summed E-state index contributed by atoms with van der Waals surface area (Å²) in [5, 5.41) is 23.1. The summed E-state index contributed by atoms with van der Waals surface area (Å²) >= 11 is 0. The molecule has 0 aromatic carbocycles. The topological polar surface area (TPSA) is 104 Å². The Morgan fingerprint density at radius 3 is 3.00 bits per heavy atom. The van der Waals surface area contributed by atoms with E-state index in [1.54, 1.807) is 11.9 Å². The lowest BCUT2D eigenvalue weighted by Crippen LogP contribution is -2.23. The van der Waals surface area contributed by atoms with Crippen LogP contribution in [0.4, 0.5) is 17.5 Å². The largest absolute Gasteiger partial charge is 0.391 e. The number of aromatic nitrogens is 2. The highest BCUT2D eigenvalue weighted by molar-refractivity contribution is 5.59. The van der Waals surface area contributed by atoms with Crippen molar-refractivity contribution < 1.29 is 10.0 Å². The van der Waals surface area contributed by atoms with Crippen LogP contribution in [0.15, 0.2) is 6.20 Å². The van der Waals surface area contributed by atoms with Crippen molar-refractivity contribution in [3.05, 3.63) is 16.3 Å². The average Bonchev–Trinajstić information content (AvgIpc) is 2.75. The molecule has 0 aliphatic carbocycles. The zero-order chi connectivity index (χ0) is 12.4. The summed E-state index contributed by atoms with van der Waals surface area (Å²) in [6, 6.07) is 0. The summed E-state index contributed by atoms with van der Waals surface area (Å²) in [7, 11) is 1.64. The maximum atomic E-state index is 10.9. The van der Waals surface area contributed by atoms with E-state index in [0.29, 0.717) is 25.5 Å². The molecule has 1 aromatic rings. The molecule has 1 atom stereocenters. The Labute approximate surface area is 97.4 Å². The third-order valence-electron chi connectivity index (χ3n) is 2.63. The smallest absolute Gasteiger partial charge is 0.329 e. The fourth-order valence-electron chi connectivity index (χ4n) is 1.78. The van der Waals surface area contributed by atoms with Gasteiger partial charge in [0, 0.05) is 20.1 Å². The van der Waals surface area contributed by atoms with Gasteiger partial charge in [0.25, 0.3) is 0 Å². The molecule has 1 fully saturated rings. The second-order valence-corrected chi connectivity index (χ2v) is 3.80. The van der Waals surface area contributed by atoms with E-state index in [1.807, 2.05) is 0 Å². The number of β-amino-alcohol motifs (C(OH)–C–C–N with tert-alkyl or cyclic N) is 1. The molecule has 92 valence electrons. The highest BCUT2D eigenvalue weighted by Crippen LogP contribution is 2.28. The quantitative estimate of drug-likeness (QED) is 0.565. The van der Waals surface area contributed by atoms with Crippen LogP contribution in [0.2, 0.25) is 0 Å². The Morgan fingerprint density at radius 2 is 2.47 bits per heavy atom. The third kappa shape index (κ3) is 2.26. The molecule has 2 N–H and O–H groups in total. The molecule has 1 aromatic heterocycles. The fraction of sp³-hybridized carbons (Fsp3) is 0.556. The summed E-state index contributed by atoms with van der Waals surface area (Å²) in [6.45, 7) is 0.920. The summed E-state index contributed by atoms with van der Waals surface area (Å²) in [5.41, 5.74) is -0.141. The minimum Gasteiger partial charge on any atom is -0.391 e. The van der Waals surface area contributed by atoms with E-state index in [9.17, 15) is 15.2 Å². The standard InChI is InChI=1S/C9H13N5O3/c1-10-9-11-4-7(14(16)17)8(12-9)13-3-2-6(15)5-13/h4,6,15H,2-3,5H2,1H3,(H,10,11,12). The Morgan fingerprint density at radius 1 is 1.71 bits per heavy atom. The molecule has 0 saturated carbocycles. The molecule has 1 aliphatic rings. The van der Waals surface area contributed by atoms with Crippen molar-refractivity contribution in [1.29, 1.82) is 0 Å². The molecule has 1 aliphatic heterocycles. The number of hydrogen-bond donors (Lipinski definition) is 2. The van der Waals surface area contributed by atoms with Gasteiger partial charge in [0.05, 0.1) is 11.0 Å². The Hall–Kier alpha value is -1.96. The van der Waals surface area contributed by atoms with Crippen LogP contribution in [0.25, 0.3) is 0 Å².